The fourth-order valence-corrected chi connectivity index (χ4v) is 4.27. The molecule has 1 aromatic rings. The topological polar surface area (TPSA) is 93.2 Å². The van der Waals surface area contributed by atoms with Gasteiger partial charge in [-0.05, 0) is 25.0 Å². The van der Waals surface area contributed by atoms with Crippen LogP contribution in [0.3, 0.4) is 0 Å². The van der Waals surface area contributed by atoms with Gasteiger partial charge in [0, 0.05) is 13.1 Å². The summed E-state index contributed by atoms with van der Waals surface area (Å²) in [5.41, 5.74) is 0.578. The number of fused-ring (bicyclic) bond motifs is 1. The maximum absolute atomic E-state index is 13.1. The maximum atomic E-state index is 13.1. The standard InChI is InChI=1S/C17H22N2O6S/c1-24-17(21)15-11-19(13-7-3-4-8-14(13)25-15)16(20)12-6-5-9-18(10-12)26(2,22)23/h3-4,7-8,12,15H,5-6,9-11H2,1-2H3/t12-,15+/m0/s1. The molecule has 0 saturated carbocycles. The number of rotatable bonds is 3. The normalized spacial score (nSPS) is 23.7. The van der Waals surface area contributed by atoms with E-state index in [-0.39, 0.29) is 19.0 Å². The molecule has 0 spiro atoms. The Morgan fingerprint density at radius 2 is 1.96 bits per heavy atom. The van der Waals surface area contributed by atoms with Crippen LogP contribution in [0.25, 0.3) is 0 Å². The number of methoxy groups -OCH3 is 1. The minimum atomic E-state index is -3.35. The smallest absolute Gasteiger partial charge is 0.348 e. The van der Waals surface area contributed by atoms with Crippen molar-refractivity contribution in [2.45, 2.75) is 18.9 Å². The largest absolute Gasteiger partial charge is 0.475 e. The summed E-state index contributed by atoms with van der Waals surface area (Å²) in [5, 5.41) is 0. The van der Waals surface area contributed by atoms with Crippen molar-refractivity contribution in [2.75, 3.05) is 37.9 Å². The van der Waals surface area contributed by atoms with Crippen LogP contribution in [0.5, 0.6) is 5.75 Å². The van der Waals surface area contributed by atoms with Gasteiger partial charge in [0.05, 0.1) is 31.5 Å². The maximum Gasteiger partial charge on any atom is 0.348 e. The van der Waals surface area contributed by atoms with Gasteiger partial charge in [-0.1, -0.05) is 12.1 Å². The molecule has 0 bridgehead atoms. The molecule has 2 heterocycles. The molecule has 0 unspecified atom stereocenters. The number of para-hydroxylation sites is 2. The molecule has 3 rings (SSSR count). The van der Waals surface area contributed by atoms with Crippen molar-refractivity contribution in [3.8, 4) is 5.75 Å². The van der Waals surface area contributed by atoms with Gasteiger partial charge in [0.25, 0.3) is 0 Å². The van der Waals surface area contributed by atoms with Crippen molar-refractivity contribution in [2.24, 2.45) is 5.92 Å². The minimum absolute atomic E-state index is 0.0396. The van der Waals surface area contributed by atoms with Gasteiger partial charge >= 0.3 is 5.97 Å². The quantitative estimate of drug-likeness (QED) is 0.712. The van der Waals surface area contributed by atoms with Gasteiger partial charge in [-0.15, -0.1) is 0 Å². The summed E-state index contributed by atoms with van der Waals surface area (Å²) in [6.45, 7) is 0.616. The number of ether oxygens (including phenoxy) is 2. The summed E-state index contributed by atoms with van der Waals surface area (Å²) >= 11 is 0. The number of carbonyl (C=O) groups is 2. The summed E-state index contributed by atoms with van der Waals surface area (Å²) in [7, 11) is -2.08. The first-order valence-electron chi connectivity index (χ1n) is 8.41. The van der Waals surface area contributed by atoms with Crippen molar-refractivity contribution in [1.82, 2.24) is 4.31 Å². The van der Waals surface area contributed by atoms with Crippen LogP contribution >= 0.6 is 0 Å². The Hall–Kier alpha value is -2.13. The second kappa shape index (κ2) is 7.24. The molecular weight excluding hydrogens is 360 g/mol. The number of piperidine rings is 1. The van der Waals surface area contributed by atoms with Crippen LogP contribution in [-0.2, 0) is 24.3 Å². The third-order valence-corrected chi connectivity index (χ3v) is 5.98. The number of anilines is 1. The van der Waals surface area contributed by atoms with Crippen LogP contribution in [0.4, 0.5) is 5.69 Å². The van der Waals surface area contributed by atoms with E-state index in [0.717, 1.165) is 6.26 Å². The monoisotopic (exact) mass is 382 g/mol. The van der Waals surface area contributed by atoms with E-state index in [2.05, 4.69) is 0 Å². The third kappa shape index (κ3) is 3.68. The van der Waals surface area contributed by atoms with E-state index in [9.17, 15) is 18.0 Å². The highest BCUT2D eigenvalue weighted by molar-refractivity contribution is 7.88. The van der Waals surface area contributed by atoms with Gasteiger partial charge in [-0.25, -0.2) is 17.5 Å². The molecule has 2 atom stereocenters. The molecule has 1 aromatic carbocycles. The molecule has 2 aliphatic heterocycles. The van der Waals surface area contributed by atoms with E-state index >= 15 is 0 Å². The lowest BCUT2D eigenvalue weighted by atomic mass is 9.97. The van der Waals surface area contributed by atoms with E-state index in [4.69, 9.17) is 9.47 Å². The van der Waals surface area contributed by atoms with Gasteiger partial charge in [0.2, 0.25) is 22.0 Å². The lowest BCUT2D eigenvalue weighted by Gasteiger charge is -2.37. The Balaban J connectivity index is 1.86. The number of benzene rings is 1. The zero-order chi connectivity index (χ0) is 18.9. The predicted octanol–water partition coefficient (Wildman–Crippen LogP) is 0.625. The molecule has 8 nitrogen and oxygen atoms in total. The Morgan fingerprint density at radius 3 is 2.65 bits per heavy atom. The number of hydrogen-bond donors (Lipinski definition) is 0. The molecule has 1 saturated heterocycles. The number of nitrogens with zero attached hydrogens (tertiary/aromatic N) is 2. The fraction of sp³-hybridized carbons (Fsp3) is 0.529. The highest BCUT2D eigenvalue weighted by Crippen LogP contribution is 2.35. The van der Waals surface area contributed by atoms with Gasteiger partial charge < -0.3 is 14.4 Å². The molecule has 0 aliphatic carbocycles. The van der Waals surface area contributed by atoms with Crippen molar-refractivity contribution in [1.29, 1.82) is 0 Å². The van der Waals surface area contributed by atoms with Gasteiger partial charge in [-0.3, -0.25) is 4.79 Å². The van der Waals surface area contributed by atoms with Crippen LogP contribution in [-0.4, -0.2) is 63.7 Å². The summed E-state index contributed by atoms with van der Waals surface area (Å²) in [6.07, 6.45) is 1.47. The molecular formula is C17H22N2O6S. The van der Waals surface area contributed by atoms with Crippen LogP contribution < -0.4 is 9.64 Å². The second-order valence-corrected chi connectivity index (χ2v) is 8.49. The van der Waals surface area contributed by atoms with Crippen molar-refractivity contribution < 1.29 is 27.5 Å². The Bertz CT molecular complexity index is 809. The number of sulfonamides is 1. The molecule has 0 aromatic heterocycles. The van der Waals surface area contributed by atoms with Crippen molar-refractivity contribution in [3.05, 3.63) is 24.3 Å². The molecule has 26 heavy (non-hydrogen) atoms. The Kier molecular flexibility index (Phi) is 5.19. The molecule has 1 amide bonds. The van der Waals surface area contributed by atoms with Gasteiger partial charge in [-0.2, -0.15) is 0 Å². The average molecular weight is 382 g/mol. The first-order chi connectivity index (χ1) is 12.3. The van der Waals surface area contributed by atoms with E-state index in [1.807, 2.05) is 0 Å². The zero-order valence-corrected chi connectivity index (χ0v) is 15.6. The first kappa shape index (κ1) is 18.7. The lowest BCUT2D eigenvalue weighted by molar-refractivity contribution is -0.148. The van der Waals surface area contributed by atoms with Crippen LogP contribution in [0.15, 0.2) is 24.3 Å². The van der Waals surface area contributed by atoms with E-state index in [1.54, 1.807) is 24.3 Å². The first-order valence-corrected chi connectivity index (χ1v) is 10.3. The lowest BCUT2D eigenvalue weighted by Crippen LogP contribution is -2.52. The summed E-state index contributed by atoms with van der Waals surface area (Å²) < 4.78 is 35.4. The van der Waals surface area contributed by atoms with Crippen LogP contribution in [0.2, 0.25) is 0 Å². The third-order valence-electron chi connectivity index (χ3n) is 4.71. The second-order valence-electron chi connectivity index (χ2n) is 6.51. The molecule has 1 fully saturated rings. The fourth-order valence-electron chi connectivity index (χ4n) is 3.36. The van der Waals surface area contributed by atoms with E-state index in [0.29, 0.717) is 30.8 Å². The number of carbonyl (C=O) groups excluding carboxylic acids is 2. The van der Waals surface area contributed by atoms with Gasteiger partial charge in [0.1, 0.15) is 5.75 Å². The molecule has 9 heteroatoms. The highest BCUT2D eigenvalue weighted by atomic mass is 32.2. The van der Waals surface area contributed by atoms with E-state index in [1.165, 1.54) is 16.3 Å². The van der Waals surface area contributed by atoms with E-state index < -0.39 is 28.0 Å². The average Bonchev–Trinajstić information content (AvgIpc) is 2.65. The van der Waals surface area contributed by atoms with Gasteiger partial charge in [0.15, 0.2) is 0 Å². The number of amides is 1. The number of esters is 1. The Morgan fingerprint density at radius 1 is 1.23 bits per heavy atom. The molecule has 0 N–H and O–H groups in total. The Labute approximate surface area is 152 Å². The molecule has 142 valence electrons. The van der Waals surface area contributed by atoms with Crippen molar-refractivity contribution in [3.63, 3.8) is 0 Å². The molecule has 2 aliphatic rings. The highest BCUT2D eigenvalue weighted by Gasteiger charge is 2.39. The van der Waals surface area contributed by atoms with Crippen LogP contribution in [0.1, 0.15) is 12.8 Å². The number of hydrogen-bond acceptors (Lipinski definition) is 6. The summed E-state index contributed by atoms with van der Waals surface area (Å²) in [6, 6.07) is 6.98. The SMILES string of the molecule is COC(=O)[C@H]1CN(C(=O)[C@H]2CCCN(S(C)(=O)=O)C2)c2ccccc2O1. The molecule has 0 radical (unpaired) electrons. The minimum Gasteiger partial charge on any atom is -0.475 e. The summed E-state index contributed by atoms with van der Waals surface area (Å²) in [4.78, 5) is 26.6. The van der Waals surface area contributed by atoms with Crippen molar-refractivity contribution >= 4 is 27.6 Å². The zero-order valence-electron chi connectivity index (χ0n) is 14.8. The summed E-state index contributed by atoms with van der Waals surface area (Å²) in [5.74, 6) is -0.789. The predicted molar refractivity (Wildman–Crippen MR) is 94.4 cm³/mol. The van der Waals surface area contributed by atoms with Crippen LogP contribution in [0, 0.1) is 5.92 Å².